The molecule has 1 saturated heterocycles. The van der Waals surface area contributed by atoms with Crippen LogP contribution in [0.4, 0.5) is 5.69 Å². The number of piperidine rings is 1. The van der Waals surface area contributed by atoms with E-state index in [9.17, 15) is 4.79 Å². The Balaban J connectivity index is 1.58. The number of nitrogens with zero attached hydrogens (tertiary/aromatic N) is 3. The molecule has 2 heterocycles. The van der Waals surface area contributed by atoms with E-state index in [4.69, 9.17) is 5.26 Å². The summed E-state index contributed by atoms with van der Waals surface area (Å²) in [5, 5.41) is 12.5. The summed E-state index contributed by atoms with van der Waals surface area (Å²) < 4.78 is 0. The lowest BCUT2D eigenvalue weighted by atomic mass is 10.0. The number of pyridine rings is 1. The molecule has 1 aliphatic heterocycles. The standard InChI is InChI=1S/C19H20N4O/c1-14-3-2-4-17(11-14)22-16-6-9-23(10-7-16)19(24)18-12-15(13-20)5-8-21-18/h2-5,8,11-12,16,22H,6-7,9-10H2,1H3. The van der Waals surface area contributed by atoms with Crippen molar-refractivity contribution in [1.82, 2.24) is 9.88 Å². The highest BCUT2D eigenvalue weighted by atomic mass is 16.2. The number of likely N-dealkylation sites (tertiary alicyclic amines) is 1. The fourth-order valence-electron chi connectivity index (χ4n) is 2.98. The number of carbonyl (C=O) groups is 1. The smallest absolute Gasteiger partial charge is 0.272 e. The molecule has 1 fully saturated rings. The van der Waals surface area contributed by atoms with Crippen LogP contribution in [0.25, 0.3) is 0 Å². The molecule has 5 nitrogen and oxygen atoms in total. The van der Waals surface area contributed by atoms with Crippen LogP contribution in [-0.4, -0.2) is 34.9 Å². The van der Waals surface area contributed by atoms with Gasteiger partial charge in [0.15, 0.2) is 0 Å². The highest BCUT2D eigenvalue weighted by Gasteiger charge is 2.24. The lowest BCUT2D eigenvalue weighted by molar-refractivity contribution is 0.0712. The van der Waals surface area contributed by atoms with Crippen LogP contribution >= 0.6 is 0 Å². The Kier molecular flexibility index (Phi) is 4.76. The summed E-state index contributed by atoms with van der Waals surface area (Å²) in [5.41, 5.74) is 3.17. The Labute approximate surface area is 141 Å². The van der Waals surface area contributed by atoms with Crippen LogP contribution < -0.4 is 5.32 Å². The van der Waals surface area contributed by atoms with Gasteiger partial charge in [-0.2, -0.15) is 5.26 Å². The van der Waals surface area contributed by atoms with E-state index in [0.717, 1.165) is 18.5 Å². The molecule has 0 saturated carbocycles. The fourth-order valence-corrected chi connectivity index (χ4v) is 2.98. The molecule has 122 valence electrons. The van der Waals surface area contributed by atoms with Crippen molar-refractivity contribution in [3.05, 3.63) is 59.4 Å². The van der Waals surface area contributed by atoms with Gasteiger partial charge in [-0.1, -0.05) is 12.1 Å². The van der Waals surface area contributed by atoms with Crippen LogP contribution in [0.1, 0.15) is 34.5 Å². The van der Waals surface area contributed by atoms with Crippen molar-refractivity contribution in [3.63, 3.8) is 0 Å². The number of anilines is 1. The quantitative estimate of drug-likeness (QED) is 0.944. The van der Waals surface area contributed by atoms with E-state index in [1.807, 2.05) is 17.0 Å². The molecule has 0 atom stereocenters. The third-order valence-corrected chi connectivity index (χ3v) is 4.28. The van der Waals surface area contributed by atoms with Crippen LogP contribution in [0.5, 0.6) is 0 Å². The van der Waals surface area contributed by atoms with Gasteiger partial charge in [-0.25, -0.2) is 0 Å². The number of carbonyl (C=O) groups excluding carboxylic acids is 1. The van der Waals surface area contributed by atoms with Crippen LogP contribution in [0, 0.1) is 18.3 Å². The van der Waals surface area contributed by atoms with E-state index in [-0.39, 0.29) is 5.91 Å². The minimum absolute atomic E-state index is 0.0962. The van der Waals surface area contributed by atoms with Gasteiger partial charge in [-0.05, 0) is 49.6 Å². The van der Waals surface area contributed by atoms with E-state index < -0.39 is 0 Å². The Morgan fingerprint density at radius 3 is 2.79 bits per heavy atom. The molecule has 0 aliphatic carbocycles. The number of rotatable bonds is 3. The zero-order valence-electron chi connectivity index (χ0n) is 13.7. The number of nitriles is 1. The van der Waals surface area contributed by atoms with E-state index in [2.05, 4.69) is 35.4 Å². The summed E-state index contributed by atoms with van der Waals surface area (Å²) in [4.78, 5) is 18.4. The number of aryl methyl sites for hydroxylation is 1. The van der Waals surface area contributed by atoms with Crippen molar-refractivity contribution in [2.75, 3.05) is 18.4 Å². The summed E-state index contributed by atoms with van der Waals surface area (Å²) in [5.74, 6) is -0.0962. The maximum Gasteiger partial charge on any atom is 0.272 e. The second-order valence-corrected chi connectivity index (χ2v) is 6.12. The maximum atomic E-state index is 12.5. The van der Waals surface area contributed by atoms with Crippen LogP contribution in [0.3, 0.4) is 0 Å². The van der Waals surface area contributed by atoms with E-state index in [1.165, 1.54) is 11.8 Å². The number of amides is 1. The second-order valence-electron chi connectivity index (χ2n) is 6.12. The average Bonchev–Trinajstić information content (AvgIpc) is 2.62. The van der Waals surface area contributed by atoms with E-state index in [1.54, 1.807) is 12.1 Å². The number of hydrogen-bond donors (Lipinski definition) is 1. The Morgan fingerprint density at radius 2 is 2.08 bits per heavy atom. The van der Waals surface area contributed by atoms with Crippen molar-refractivity contribution in [2.45, 2.75) is 25.8 Å². The molecule has 1 aliphatic rings. The van der Waals surface area contributed by atoms with Crippen LogP contribution in [0.15, 0.2) is 42.6 Å². The molecule has 1 aromatic carbocycles. The molecule has 5 heteroatoms. The third kappa shape index (κ3) is 3.72. The van der Waals surface area contributed by atoms with Crippen molar-refractivity contribution < 1.29 is 4.79 Å². The predicted molar refractivity (Wildman–Crippen MR) is 92.7 cm³/mol. The summed E-state index contributed by atoms with van der Waals surface area (Å²) in [6, 6.07) is 13.9. The van der Waals surface area contributed by atoms with Crippen LogP contribution in [0.2, 0.25) is 0 Å². The van der Waals surface area contributed by atoms with Crippen molar-refractivity contribution in [1.29, 1.82) is 5.26 Å². The van der Waals surface area contributed by atoms with Gasteiger partial charge in [0, 0.05) is 31.0 Å². The SMILES string of the molecule is Cc1cccc(NC2CCN(C(=O)c3cc(C#N)ccn3)CC2)c1. The van der Waals surface area contributed by atoms with Gasteiger partial charge >= 0.3 is 0 Å². The average molecular weight is 320 g/mol. The van der Waals surface area contributed by atoms with Gasteiger partial charge in [0.25, 0.3) is 5.91 Å². The molecule has 2 aromatic rings. The lowest BCUT2D eigenvalue weighted by Crippen LogP contribution is -2.42. The molecule has 1 aromatic heterocycles. The monoisotopic (exact) mass is 320 g/mol. The van der Waals surface area contributed by atoms with Gasteiger partial charge in [0.1, 0.15) is 5.69 Å². The summed E-state index contributed by atoms with van der Waals surface area (Å²) >= 11 is 0. The van der Waals surface area contributed by atoms with E-state index >= 15 is 0 Å². The zero-order valence-corrected chi connectivity index (χ0v) is 13.7. The first kappa shape index (κ1) is 16.0. The van der Waals surface area contributed by atoms with Crippen molar-refractivity contribution in [2.24, 2.45) is 0 Å². The number of benzene rings is 1. The highest BCUT2D eigenvalue weighted by molar-refractivity contribution is 5.92. The van der Waals surface area contributed by atoms with E-state index in [0.29, 0.717) is 30.4 Å². The van der Waals surface area contributed by atoms with Gasteiger partial charge in [-0.3, -0.25) is 9.78 Å². The minimum atomic E-state index is -0.0962. The molecule has 24 heavy (non-hydrogen) atoms. The zero-order chi connectivity index (χ0) is 16.9. The van der Waals surface area contributed by atoms with Gasteiger partial charge in [0.2, 0.25) is 0 Å². The maximum absolute atomic E-state index is 12.5. The van der Waals surface area contributed by atoms with Crippen LogP contribution in [-0.2, 0) is 0 Å². The van der Waals surface area contributed by atoms with Gasteiger partial charge < -0.3 is 10.2 Å². The minimum Gasteiger partial charge on any atom is -0.382 e. The molecule has 0 bridgehead atoms. The van der Waals surface area contributed by atoms with Gasteiger partial charge in [-0.15, -0.1) is 0 Å². The summed E-state index contributed by atoms with van der Waals surface area (Å²) in [6.45, 7) is 3.47. The Hall–Kier alpha value is -2.87. The van der Waals surface area contributed by atoms with Gasteiger partial charge in [0.05, 0.1) is 11.6 Å². The second kappa shape index (κ2) is 7.14. The fraction of sp³-hybridized carbons (Fsp3) is 0.316. The molecular formula is C19H20N4O. The molecule has 1 N–H and O–H groups in total. The Morgan fingerprint density at radius 1 is 1.29 bits per heavy atom. The molecule has 3 rings (SSSR count). The molecule has 0 radical (unpaired) electrons. The molecule has 0 spiro atoms. The first-order valence-corrected chi connectivity index (χ1v) is 8.14. The molecule has 0 unspecified atom stereocenters. The topological polar surface area (TPSA) is 69.0 Å². The summed E-state index contributed by atoms with van der Waals surface area (Å²) in [6.07, 6.45) is 3.31. The first-order chi connectivity index (χ1) is 11.7. The summed E-state index contributed by atoms with van der Waals surface area (Å²) in [7, 11) is 0. The molecular weight excluding hydrogens is 300 g/mol. The first-order valence-electron chi connectivity index (χ1n) is 8.14. The number of hydrogen-bond acceptors (Lipinski definition) is 4. The highest BCUT2D eigenvalue weighted by Crippen LogP contribution is 2.19. The Bertz CT molecular complexity index is 773. The normalized spacial score (nSPS) is 14.9. The third-order valence-electron chi connectivity index (χ3n) is 4.28. The largest absolute Gasteiger partial charge is 0.382 e. The van der Waals surface area contributed by atoms with Crippen molar-refractivity contribution in [3.8, 4) is 6.07 Å². The predicted octanol–water partition coefficient (Wildman–Crippen LogP) is 2.98. The molecule has 1 amide bonds. The number of nitrogens with one attached hydrogen (secondary N) is 1. The lowest BCUT2D eigenvalue weighted by Gasteiger charge is -2.32. The number of aromatic nitrogens is 1. The van der Waals surface area contributed by atoms with Crippen molar-refractivity contribution >= 4 is 11.6 Å².